The van der Waals surface area contributed by atoms with Crippen LogP contribution in [0.15, 0.2) is 79.0 Å². The molecule has 0 saturated carbocycles. The Labute approximate surface area is 167 Å². The van der Waals surface area contributed by atoms with E-state index >= 15 is 0 Å². The number of pyridine rings is 1. The molecule has 1 heterocycles. The number of rotatable bonds is 5. The first-order valence-electron chi connectivity index (χ1n) is 10.0. The van der Waals surface area contributed by atoms with Gasteiger partial charge in [0, 0.05) is 41.8 Å². The van der Waals surface area contributed by atoms with Gasteiger partial charge >= 0.3 is 0 Å². The molecule has 0 saturated heterocycles. The average molecular weight is 367 g/mol. The molecule has 2 nitrogen and oxygen atoms in total. The summed E-state index contributed by atoms with van der Waals surface area (Å²) in [6.45, 7) is 8.43. The maximum Gasteiger partial charge on any atom is 0.0479 e. The minimum atomic E-state index is 0.971. The number of nitrogens with zero attached hydrogens (tertiary/aromatic N) is 2. The Morgan fingerprint density at radius 2 is 1.50 bits per heavy atom. The zero-order valence-electron chi connectivity index (χ0n) is 16.8. The van der Waals surface area contributed by atoms with Crippen LogP contribution in [0, 0.1) is 6.92 Å². The van der Waals surface area contributed by atoms with Crippen LogP contribution in [0.1, 0.15) is 19.5 Å². The second kappa shape index (κ2) is 7.85. The summed E-state index contributed by atoms with van der Waals surface area (Å²) in [5.41, 5.74) is 7.24. The van der Waals surface area contributed by atoms with Gasteiger partial charge in [-0.2, -0.15) is 0 Å². The number of anilines is 1. The summed E-state index contributed by atoms with van der Waals surface area (Å²) in [6, 6.07) is 26.0. The van der Waals surface area contributed by atoms with Gasteiger partial charge in [-0.25, -0.2) is 0 Å². The Morgan fingerprint density at radius 3 is 2.25 bits per heavy atom. The summed E-state index contributed by atoms with van der Waals surface area (Å²) in [4.78, 5) is 7.10. The van der Waals surface area contributed by atoms with Gasteiger partial charge in [0.05, 0.1) is 0 Å². The zero-order chi connectivity index (χ0) is 19.5. The lowest BCUT2D eigenvalue weighted by Crippen LogP contribution is -2.22. The smallest absolute Gasteiger partial charge is 0.0479 e. The van der Waals surface area contributed by atoms with Gasteiger partial charge in [-0.1, -0.05) is 66.7 Å². The highest BCUT2D eigenvalue weighted by Gasteiger charge is 2.18. The Balaban J connectivity index is 2.09. The molecule has 0 fully saturated rings. The maximum atomic E-state index is 4.68. The number of benzene rings is 3. The molecule has 0 atom stereocenters. The SMILES string of the molecule is CCN(CC)c1cc(C)ncc1-c1c(-c2ccccc2)ccc2ccccc12. The third kappa shape index (κ3) is 3.27. The molecule has 2 heteroatoms. The predicted molar refractivity (Wildman–Crippen MR) is 121 cm³/mol. The van der Waals surface area contributed by atoms with E-state index in [0.717, 1.165) is 18.8 Å². The number of aromatic nitrogens is 1. The highest BCUT2D eigenvalue weighted by Crippen LogP contribution is 2.42. The van der Waals surface area contributed by atoms with Crippen molar-refractivity contribution < 1.29 is 0 Å². The molecule has 0 bridgehead atoms. The van der Waals surface area contributed by atoms with Crippen molar-refractivity contribution >= 4 is 16.5 Å². The quantitative estimate of drug-likeness (QED) is 0.389. The van der Waals surface area contributed by atoms with Crippen molar-refractivity contribution in [2.24, 2.45) is 0 Å². The molecule has 28 heavy (non-hydrogen) atoms. The molecule has 0 unspecified atom stereocenters. The van der Waals surface area contributed by atoms with Crippen LogP contribution in [0.2, 0.25) is 0 Å². The third-order valence-electron chi connectivity index (χ3n) is 5.41. The van der Waals surface area contributed by atoms with Gasteiger partial charge in [0.2, 0.25) is 0 Å². The molecule has 0 radical (unpaired) electrons. The molecule has 0 amide bonds. The van der Waals surface area contributed by atoms with Crippen molar-refractivity contribution in [3.8, 4) is 22.3 Å². The second-order valence-corrected chi connectivity index (χ2v) is 7.09. The molecular weight excluding hydrogens is 340 g/mol. The van der Waals surface area contributed by atoms with E-state index in [1.165, 1.54) is 38.7 Å². The molecule has 1 aromatic heterocycles. The normalized spacial score (nSPS) is 11.0. The summed E-state index contributed by atoms with van der Waals surface area (Å²) < 4.78 is 0. The molecule has 3 aromatic carbocycles. The second-order valence-electron chi connectivity index (χ2n) is 7.09. The predicted octanol–water partition coefficient (Wildman–Crippen LogP) is 6.72. The first kappa shape index (κ1) is 18.2. The van der Waals surface area contributed by atoms with Crippen molar-refractivity contribution in [1.82, 2.24) is 4.98 Å². The van der Waals surface area contributed by atoms with Crippen LogP contribution >= 0.6 is 0 Å². The summed E-state index contributed by atoms with van der Waals surface area (Å²) in [5.74, 6) is 0. The summed E-state index contributed by atoms with van der Waals surface area (Å²) in [5, 5.41) is 2.52. The van der Waals surface area contributed by atoms with E-state index in [0.29, 0.717) is 0 Å². The summed E-state index contributed by atoms with van der Waals surface area (Å²) >= 11 is 0. The minimum Gasteiger partial charge on any atom is -0.371 e. The molecule has 140 valence electrons. The fourth-order valence-electron chi connectivity index (χ4n) is 3.98. The zero-order valence-corrected chi connectivity index (χ0v) is 16.8. The largest absolute Gasteiger partial charge is 0.371 e. The van der Waals surface area contributed by atoms with E-state index < -0.39 is 0 Å². The topological polar surface area (TPSA) is 16.1 Å². The number of hydrogen-bond donors (Lipinski definition) is 0. The van der Waals surface area contributed by atoms with Gasteiger partial charge in [-0.15, -0.1) is 0 Å². The monoisotopic (exact) mass is 366 g/mol. The minimum absolute atomic E-state index is 0.971. The molecule has 0 N–H and O–H groups in total. The Hall–Kier alpha value is -3.13. The van der Waals surface area contributed by atoms with E-state index in [4.69, 9.17) is 0 Å². The molecule has 4 aromatic rings. The lowest BCUT2D eigenvalue weighted by molar-refractivity contribution is 0.864. The van der Waals surface area contributed by atoms with Crippen LogP contribution in [0.25, 0.3) is 33.0 Å². The number of aryl methyl sites for hydroxylation is 1. The van der Waals surface area contributed by atoms with Crippen molar-refractivity contribution in [3.05, 3.63) is 84.7 Å². The highest BCUT2D eigenvalue weighted by molar-refractivity contribution is 6.06. The molecule has 4 rings (SSSR count). The van der Waals surface area contributed by atoms with Gasteiger partial charge in [0.1, 0.15) is 0 Å². The van der Waals surface area contributed by atoms with Gasteiger partial charge in [0.25, 0.3) is 0 Å². The van der Waals surface area contributed by atoms with E-state index in [-0.39, 0.29) is 0 Å². The van der Waals surface area contributed by atoms with Crippen molar-refractivity contribution in [2.45, 2.75) is 20.8 Å². The van der Waals surface area contributed by atoms with Gasteiger partial charge in [-0.3, -0.25) is 4.98 Å². The van der Waals surface area contributed by atoms with Gasteiger partial charge < -0.3 is 4.90 Å². The van der Waals surface area contributed by atoms with Crippen LogP contribution in [0.3, 0.4) is 0 Å². The van der Waals surface area contributed by atoms with E-state index in [2.05, 4.69) is 110 Å². The fourth-order valence-corrected chi connectivity index (χ4v) is 3.98. The Kier molecular flexibility index (Phi) is 5.12. The molecule has 0 aliphatic heterocycles. The summed E-state index contributed by atoms with van der Waals surface area (Å²) in [6.07, 6.45) is 2.05. The Bertz CT molecular complexity index is 1100. The first-order valence-corrected chi connectivity index (χ1v) is 10.0. The van der Waals surface area contributed by atoms with Crippen molar-refractivity contribution in [2.75, 3.05) is 18.0 Å². The van der Waals surface area contributed by atoms with E-state index in [1.54, 1.807) is 0 Å². The standard InChI is InChI=1S/C26H26N2/c1-4-28(5-2)25-17-19(3)27-18-24(25)26-22-14-10-9-13-21(22)15-16-23(26)20-11-7-6-8-12-20/h6-18H,4-5H2,1-3H3. The third-order valence-corrected chi connectivity index (χ3v) is 5.41. The van der Waals surface area contributed by atoms with E-state index in [9.17, 15) is 0 Å². The van der Waals surface area contributed by atoms with Gasteiger partial charge in [-0.05, 0) is 48.7 Å². The van der Waals surface area contributed by atoms with Crippen LogP contribution in [-0.4, -0.2) is 18.1 Å². The van der Waals surface area contributed by atoms with E-state index in [1.807, 2.05) is 0 Å². The van der Waals surface area contributed by atoms with Crippen molar-refractivity contribution in [1.29, 1.82) is 0 Å². The van der Waals surface area contributed by atoms with Crippen LogP contribution in [0.5, 0.6) is 0 Å². The van der Waals surface area contributed by atoms with Crippen molar-refractivity contribution in [3.63, 3.8) is 0 Å². The fraction of sp³-hybridized carbons (Fsp3) is 0.192. The van der Waals surface area contributed by atoms with Crippen LogP contribution in [0.4, 0.5) is 5.69 Å². The summed E-state index contributed by atoms with van der Waals surface area (Å²) in [7, 11) is 0. The average Bonchev–Trinajstić information content (AvgIpc) is 2.75. The highest BCUT2D eigenvalue weighted by atomic mass is 15.1. The first-order chi connectivity index (χ1) is 13.7. The number of fused-ring (bicyclic) bond motifs is 1. The van der Waals surface area contributed by atoms with Gasteiger partial charge in [0.15, 0.2) is 0 Å². The number of hydrogen-bond acceptors (Lipinski definition) is 2. The lowest BCUT2D eigenvalue weighted by atomic mass is 9.89. The Morgan fingerprint density at radius 1 is 0.786 bits per heavy atom. The lowest BCUT2D eigenvalue weighted by Gasteiger charge is -2.26. The molecule has 0 aliphatic rings. The molecular formula is C26H26N2. The van der Waals surface area contributed by atoms with Crippen LogP contribution < -0.4 is 4.90 Å². The molecule has 0 spiro atoms. The maximum absolute atomic E-state index is 4.68. The van der Waals surface area contributed by atoms with Crippen LogP contribution in [-0.2, 0) is 0 Å². The molecule has 0 aliphatic carbocycles.